The molecule has 1 aromatic rings. The molecular formula is C28H41NO3S. The summed E-state index contributed by atoms with van der Waals surface area (Å²) >= 11 is 5.53. The van der Waals surface area contributed by atoms with Crippen molar-refractivity contribution in [3.05, 3.63) is 47.1 Å². The van der Waals surface area contributed by atoms with Crippen molar-refractivity contribution in [2.24, 2.45) is 5.92 Å². The Hall–Kier alpha value is -1.85. The Bertz CT molecular complexity index is 859. The molecule has 33 heavy (non-hydrogen) atoms. The Balaban J connectivity index is 1.78. The normalized spacial score (nSPS) is 21.9. The fraction of sp³-hybridized carbons (Fsp3) is 0.607. The molecule has 1 heterocycles. The van der Waals surface area contributed by atoms with Crippen LogP contribution < -0.4 is 10.1 Å². The lowest BCUT2D eigenvalue weighted by Gasteiger charge is -2.32. The van der Waals surface area contributed by atoms with Crippen molar-refractivity contribution in [2.75, 3.05) is 13.2 Å². The van der Waals surface area contributed by atoms with Crippen molar-refractivity contribution in [1.82, 2.24) is 5.32 Å². The highest BCUT2D eigenvalue weighted by molar-refractivity contribution is 7.80. The summed E-state index contributed by atoms with van der Waals surface area (Å²) in [4.78, 5) is 0. The molecular weight excluding hydrogens is 430 g/mol. The number of benzene rings is 1. The predicted molar refractivity (Wildman–Crippen MR) is 140 cm³/mol. The van der Waals surface area contributed by atoms with Crippen molar-refractivity contribution in [2.45, 2.75) is 90.6 Å². The molecule has 0 spiro atoms. The Morgan fingerprint density at radius 3 is 2.76 bits per heavy atom. The first-order valence-corrected chi connectivity index (χ1v) is 13.1. The van der Waals surface area contributed by atoms with E-state index < -0.39 is 0 Å². The molecule has 2 N–H and O–H groups in total. The molecule has 4 nitrogen and oxygen atoms in total. The summed E-state index contributed by atoms with van der Waals surface area (Å²) in [6.45, 7) is 12.4. The van der Waals surface area contributed by atoms with E-state index in [1.54, 1.807) is 0 Å². The van der Waals surface area contributed by atoms with Crippen molar-refractivity contribution in [1.29, 1.82) is 0 Å². The summed E-state index contributed by atoms with van der Waals surface area (Å²) in [7, 11) is 0. The van der Waals surface area contributed by atoms with E-state index in [2.05, 4.69) is 44.8 Å². The Morgan fingerprint density at radius 2 is 2.06 bits per heavy atom. The molecule has 0 amide bonds. The number of hydrogen-bond donors (Lipinski definition) is 2. The topological polar surface area (TPSA) is 54.0 Å². The van der Waals surface area contributed by atoms with Gasteiger partial charge < -0.3 is 19.9 Å². The number of epoxide rings is 1. The van der Waals surface area contributed by atoms with E-state index in [0.29, 0.717) is 22.8 Å². The van der Waals surface area contributed by atoms with Gasteiger partial charge in [0.2, 0.25) is 0 Å². The van der Waals surface area contributed by atoms with Gasteiger partial charge in [-0.1, -0.05) is 43.6 Å². The summed E-state index contributed by atoms with van der Waals surface area (Å²) < 4.78 is 11.5. The van der Waals surface area contributed by atoms with Crippen LogP contribution in [-0.2, 0) is 11.2 Å². The van der Waals surface area contributed by atoms with Gasteiger partial charge in [0.15, 0.2) is 0 Å². The van der Waals surface area contributed by atoms with Gasteiger partial charge in [0.25, 0.3) is 5.17 Å². The van der Waals surface area contributed by atoms with Gasteiger partial charge in [-0.05, 0) is 94.6 Å². The Morgan fingerprint density at radius 1 is 1.27 bits per heavy atom. The minimum atomic E-state index is 0.0392. The number of thiocarbonyl (C=S) groups is 1. The molecule has 3 rings (SSSR count). The zero-order valence-electron chi connectivity index (χ0n) is 20.6. The fourth-order valence-electron chi connectivity index (χ4n) is 4.77. The average Bonchev–Trinajstić information content (AvgIpc) is 3.57. The lowest BCUT2D eigenvalue weighted by atomic mass is 9.73. The lowest BCUT2D eigenvalue weighted by Crippen LogP contribution is -2.28. The van der Waals surface area contributed by atoms with E-state index in [4.69, 9.17) is 21.7 Å². The van der Waals surface area contributed by atoms with E-state index >= 15 is 0 Å². The molecule has 0 saturated carbocycles. The summed E-state index contributed by atoms with van der Waals surface area (Å²) in [5, 5.41) is 14.8. The summed E-state index contributed by atoms with van der Waals surface area (Å²) in [5.74, 6) is 1.29. The number of allylic oxidation sites excluding steroid dienone is 3. The molecule has 5 heteroatoms. The second kappa shape index (κ2) is 12.6. The number of ether oxygens (including phenoxy) is 2. The van der Waals surface area contributed by atoms with Crippen molar-refractivity contribution >= 4 is 17.4 Å². The van der Waals surface area contributed by atoms with Crippen LogP contribution in [-0.4, -0.2) is 29.5 Å². The number of unbranched alkanes of at least 4 members (excludes halogenated alkanes) is 3. The van der Waals surface area contributed by atoms with Crippen LogP contribution in [0.1, 0.15) is 89.2 Å². The standard InChI is InChI=1S/C28H41NO3S/c1-5-6-7-10-21-16-25(30)27(24-15-20(4)12-13-23(24)19(2)3)26(17-21)32-28(33)29-14-9-8-11-22-18-31-22/h15-17,22-24,30H,2,5-14,18H2,1,3-4H3,(H,29,33). The first-order valence-electron chi connectivity index (χ1n) is 12.6. The molecule has 2 aliphatic rings. The monoisotopic (exact) mass is 471 g/mol. The maximum Gasteiger partial charge on any atom is 0.262 e. The van der Waals surface area contributed by atoms with Crippen molar-refractivity contribution < 1.29 is 14.6 Å². The second-order valence-corrected chi connectivity index (χ2v) is 10.2. The molecule has 1 aliphatic heterocycles. The number of phenolic OH excluding ortho intramolecular Hbond substituents is 1. The first kappa shape index (κ1) is 25.8. The van der Waals surface area contributed by atoms with Gasteiger partial charge >= 0.3 is 0 Å². The van der Waals surface area contributed by atoms with Gasteiger partial charge in [-0.25, -0.2) is 0 Å². The van der Waals surface area contributed by atoms with Crippen LogP contribution in [0.15, 0.2) is 35.9 Å². The van der Waals surface area contributed by atoms with Gasteiger partial charge in [-0.15, -0.1) is 0 Å². The number of rotatable bonds is 12. The van der Waals surface area contributed by atoms with Crippen LogP contribution in [0.2, 0.25) is 0 Å². The van der Waals surface area contributed by atoms with Gasteiger partial charge in [0.1, 0.15) is 11.5 Å². The summed E-state index contributed by atoms with van der Waals surface area (Å²) in [5.41, 5.74) is 4.41. The molecule has 182 valence electrons. The molecule has 0 aromatic heterocycles. The van der Waals surface area contributed by atoms with E-state index in [1.807, 2.05) is 6.07 Å². The molecule has 0 bridgehead atoms. The molecule has 1 aliphatic carbocycles. The SMILES string of the molecule is C=C(C)C1CCC(C)=CC1c1c(O)cc(CCCCC)cc1OC(=S)NCCCCC1CO1. The van der Waals surface area contributed by atoms with Gasteiger partial charge in [-0.2, -0.15) is 0 Å². The van der Waals surface area contributed by atoms with E-state index in [0.717, 1.165) is 74.8 Å². The highest BCUT2D eigenvalue weighted by Crippen LogP contribution is 2.47. The van der Waals surface area contributed by atoms with Crippen molar-refractivity contribution in [3.63, 3.8) is 0 Å². The number of aromatic hydroxyl groups is 1. The zero-order valence-corrected chi connectivity index (χ0v) is 21.4. The van der Waals surface area contributed by atoms with Crippen LogP contribution in [0.5, 0.6) is 11.5 Å². The first-order chi connectivity index (χ1) is 15.9. The van der Waals surface area contributed by atoms with Crippen LogP contribution >= 0.6 is 12.2 Å². The van der Waals surface area contributed by atoms with E-state index in [1.165, 1.54) is 18.4 Å². The Kier molecular flexibility index (Phi) is 9.81. The maximum atomic E-state index is 11.2. The third-order valence-electron chi connectivity index (χ3n) is 6.79. The van der Waals surface area contributed by atoms with E-state index in [-0.39, 0.29) is 11.8 Å². The number of phenols is 1. The number of nitrogens with one attached hydrogen (secondary N) is 1. The minimum Gasteiger partial charge on any atom is -0.507 e. The highest BCUT2D eigenvalue weighted by Gasteiger charge is 2.31. The average molecular weight is 472 g/mol. The minimum absolute atomic E-state index is 0.0392. The van der Waals surface area contributed by atoms with Crippen LogP contribution in [0.25, 0.3) is 0 Å². The second-order valence-electron chi connectivity index (χ2n) is 9.78. The molecule has 3 atom stereocenters. The maximum absolute atomic E-state index is 11.2. The predicted octanol–water partition coefficient (Wildman–Crippen LogP) is 6.96. The zero-order chi connectivity index (χ0) is 23.8. The van der Waals surface area contributed by atoms with Crippen LogP contribution in [0.4, 0.5) is 0 Å². The summed E-state index contributed by atoms with van der Waals surface area (Å²) in [6, 6.07) is 4.00. The third kappa shape index (κ3) is 7.86. The van der Waals surface area contributed by atoms with E-state index in [9.17, 15) is 5.11 Å². The molecule has 3 unspecified atom stereocenters. The lowest BCUT2D eigenvalue weighted by molar-refractivity contribution is 0.389. The summed E-state index contributed by atoms with van der Waals surface area (Å²) in [6.07, 6.45) is 12.5. The molecule has 1 fully saturated rings. The van der Waals surface area contributed by atoms with Crippen LogP contribution in [0, 0.1) is 5.92 Å². The van der Waals surface area contributed by atoms with Crippen LogP contribution in [0.3, 0.4) is 0 Å². The third-order valence-corrected chi connectivity index (χ3v) is 7.02. The Labute approximate surface area is 205 Å². The van der Waals surface area contributed by atoms with Crippen molar-refractivity contribution in [3.8, 4) is 11.5 Å². The molecule has 1 aromatic carbocycles. The largest absolute Gasteiger partial charge is 0.507 e. The number of aryl methyl sites for hydroxylation is 1. The quantitative estimate of drug-likeness (QED) is 0.149. The fourth-order valence-corrected chi connectivity index (χ4v) is 4.97. The van der Waals surface area contributed by atoms with Gasteiger partial charge in [-0.3, -0.25) is 0 Å². The highest BCUT2D eigenvalue weighted by atomic mass is 32.1. The smallest absolute Gasteiger partial charge is 0.262 e. The van der Waals surface area contributed by atoms with Gasteiger partial charge in [0.05, 0.1) is 12.7 Å². The molecule has 0 radical (unpaired) electrons. The van der Waals surface area contributed by atoms with Gasteiger partial charge in [0, 0.05) is 18.0 Å². The number of hydrogen-bond acceptors (Lipinski definition) is 4. The molecule has 1 saturated heterocycles.